The third-order valence-corrected chi connectivity index (χ3v) is 1.81. The first-order valence-corrected chi connectivity index (χ1v) is 4.02. The summed E-state index contributed by atoms with van der Waals surface area (Å²) in [6.07, 6.45) is 2.09. The summed E-state index contributed by atoms with van der Waals surface area (Å²) in [5.41, 5.74) is 1.38. The molecule has 0 spiro atoms. The zero-order chi connectivity index (χ0) is 8.10. The highest BCUT2D eigenvalue weighted by Gasteiger charge is 2.02. The lowest BCUT2D eigenvalue weighted by Crippen LogP contribution is -2.23. The van der Waals surface area contributed by atoms with Crippen LogP contribution in [0.5, 0.6) is 0 Å². The van der Waals surface area contributed by atoms with Crippen molar-refractivity contribution in [2.45, 2.75) is 13.7 Å². The molecule has 0 aliphatic carbocycles. The van der Waals surface area contributed by atoms with Gasteiger partial charge in [0.2, 0.25) is 0 Å². The van der Waals surface area contributed by atoms with Crippen LogP contribution >= 0.6 is 0 Å². The van der Waals surface area contributed by atoms with Crippen LogP contribution in [0.2, 0.25) is 6.82 Å². The highest BCUT2D eigenvalue weighted by Crippen LogP contribution is 1.89. The number of allylic oxidation sites excluding steroid dienone is 1. The van der Waals surface area contributed by atoms with Gasteiger partial charge in [0.15, 0.2) is 6.71 Å². The quantitative estimate of drug-likeness (QED) is 0.557. The number of benzene rings is 1. The molecule has 11 heavy (non-hydrogen) atoms. The Labute approximate surface area is 69.0 Å². The molecule has 0 aromatic heterocycles. The van der Waals surface area contributed by atoms with Gasteiger partial charge < -0.3 is 0 Å². The lowest BCUT2D eigenvalue weighted by atomic mass is 9.47. The standard InChI is InChI=1S/C10H13B/c1-3-9-11(2)10-7-5-4-6-8-10/h3-9H,1-2H3/b9-3+. The van der Waals surface area contributed by atoms with E-state index in [1.165, 1.54) is 5.46 Å². The van der Waals surface area contributed by atoms with E-state index in [2.05, 4.69) is 50.1 Å². The zero-order valence-electron chi connectivity index (χ0n) is 7.12. The fourth-order valence-corrected chi connectivity index (χ4v) is 1.16. The molecule has 0 fully saturated rings. The SMILES string of the molecule is C/C=C/B(C)c1ccccc1. The molecule has 0 atom stereocenters. The monoisotopic (exact) mass is 144 g/mol. The van der Waals surface area contributed by atoms with Crippen LogP contribution in [0.1, 0.15) is 6.92 Å². The molecule has 0 aliphatic rings. The van der Waals surface area contributed by atoms with E-state index in [-0.39, 0.29) is 0 Å². The first kappa shape index (κ1) is 8.12. The van der Waals surface area contributed by atoms with Gasteiger partial charge in [0.05, 0.1) is 0 Å². The summed E-state index contributed by atoms with van der Waals surface area (Å²) in [6, 6.07) is 10.5. The molecule has 0 amide bonds. The minimum atomic E-state index is 0.543. The average molecular weight is 144 g/mol. The Hall–Kier alpha value is -0.975. The van der Waals surface area contributed by atoms with Crippen molar-refractivity contribution >= 4 is 12.2 Å². The smallest absolute Gasteiger partial charge is 0.114 e. The molecule has 1 aromatic carbocycles. The number of hydrogen-bond acceptors (Lipinski definition) is 0. The van der Waals surface area contributed by atoms with Crippen LogP contribution in [-0.4, -0.2) is 6.71 Å². The van der Waals surface area contributed by atoms with Crippen molar-refractivity contribution in [2.24, 2.45) is 0 Å². The maximum absolute atomic E-state index is 2.20. The summed E-state index contributed by atoms with van der Waals surface area (Å²) in [4.78, 5) is 0. The normalized spacial score (nSPS) is 10.4. The second kappa shape index (κ2) is 4.02. The predicted octanol–water partition coefficient (Wildman–Crippen LogP) is 2.13. The molecule has 1 heteroatoms. The van der Waals surface area contributed by atoms with Crippen LogP contribution in [0.15, 0.2) is 42.4 Å². The van der Waals surface area contributed by atoms with Crippen LogP contribution < -0.4 is 5.46 Å². The largest absolute Gasteiger partial charge is 0.197 e. The van der Waals surface area contributed by atoms with E-state index in [4.69, 9.17) is 0 Å². The molecule has 0 nitrogen and oxygen atoms in total. The van der Waals surface area contributed by atoms with E-state index in [0.717, 1.165) is 0 Å². The van der Waals surface area contributed by atoms with Crippen LogP contribution in [0, 0.1) is 0 Å². The summed E-state index contributed by atoms with van der Waals surface area (Å²) in [7, 11) is 0. The topological polar surface area (TPSA) is 0 Å². The molecular formula is C10H13B. The average Bonchev–Trinajstić information content (AvgIpc) is 2.07. The van der Waals surface area contributed by atoms with Crippen molar-refractivity contribution in [3.8, 4) is 0 Å². The fourth-order valence-electron chi connectivity index (χ4n) is 1.16. The van der Waals surface area contributed by atoms with Crippen molar-refractivity contribution in [1.29, 1.82) is 0 Å². The van der Waals surface area contributed by atoms with Gasteiger partial charge in [0.1, 0.15) is 0 Å². The maximum atomic E-state index is 2.20. The minimum absolute atomic E-state index is 0.543. The van der Waals surface area contributed by atoms with E-state index in [1.54, 1.807) is 0 Å². The summed E-state index contributed by atoms with van der Waals surface area (Å²) in [6.45, 7) is 4.80. The molecule has 0 heterocycles. The van der Waals surface area contributed by atoms with Gasteiger partial charge in [0, 0.05) is 0 Å². The van der Waals surface area contributed by atoms with Gasteiger partial charge in [-0.3, -0.25) is 0 Å². The molecule has 0 radical (unpaired) electrons. The van der Waals surface area contributed by atoms with E-state index in [9.17, 15) is 0 Å². The molecule has 1 rings (SSSR count). The first-order chi connectivity index (χ1) is 5.34. The second-order valence-electron chi connectivity index (χ2n) is 2.73. The third-order valence-electron chi connectivity index (χ3n) is 1.81. The van der Waals surface area contributed by atoms with Crippen molar-refractivity contribution in [2.75, 3.05) is 0 Å². The molecule has 0 unspecified atom stereocenters. The number of hydrogen-bond donors (Lipinski definition) is 0. The second-order valence-corrected chi connectivity index (χ2v) is 2.73. The summed E-state index contributed by atoms with van der Waals surface area (Å²) in [5.74, 6) is 2.20. The first-order valence-electron chi connectivity index (χ1n) is 4.02. The molecule has 56 valence electrons. The lowest BCUT2D eigenvalue weighted by molar-refractivity contribution is 1.73. The van der Waals surface area contributed by atoms with E-state index >= 15 is 0 Å². The van der Waals surface area contributed by atoms with Crippen molar-refractivity contribution < 1.29 is 0 Å². The third kappa shape index (κ3) is 2.26. The molecule has 0 saturated heterocycles. The highest BCUT2D eigenvalue weighted by molar-refractivity contribution is 6.76. The maximum Gasteiger partial charge on any atom is 0.197 e. The van der Waals surface area contributed by atoms with Crippen LogP contribution in [0.3, 0.4) is 0 Å². The van der Waals surface area contributed by atoms with E-state index in [1.807, 2.05) is 6.07 Å². The zero-order valence-corrected chi connectivity index (χ0v) is 7.12. The molecule has 0 bridgehead atoms. The van der Waals surface area contributed by atoms with Gasteiger partial charge in [-0.05, 0) is 6.92 Å². The summed E-state index contributed by atoms with van der Waals surface area (Å²) >= 11 is 0. The predicted molar refractivity (Wildman–Crippen MR) is 52.5 cm³/mol. The van der Waals surface area contributed by atoms with E-state index in [0.29, 0.717) is 6.71 Å². The Morgan fingerprint density at radius 2 is 1.82 bits per heavy atom. The van der Waals surface area contributed by atoms with Crippen LogP contribution in [0.25, 0.3) is 0 Å². The molecule has 0 aliphatic heterocycles. The van der Waals surface area contributed by atoms with Crippen LogP contribution in [-0.2, 0) is 0 Å². The molecular weight excluding hydrogens is 131 g/mol. The van der Waals surface area contributed by atoms with Gasteiger partial charge in [-0.1, -0.05) is 48.7 Å². The van der Waals surface area contributed by atoms with E-state index < -0.39 is 0 Å². The van der Waals surface area contributed by atoms with Crippen molar-refractivity contribution in [3.05, 3.63) is 42.4 Å². The Balaban J connectivity index is 2.76. The highest BCUT2D eigenvalue weighted by atomic mass is 13.8. The minimum Gasteiger partial charge on any atom is -0.114 e. The lowest BCUT2D eigenvalue weighted by Gasteiger charge is -2.00. The van der Waals surface area contributed by atoms with Gasteiger partial charge in [-0.15, -0.1) is 5.98 Å². The Bertz CT molecular complexity index is 226. The summed E-state index contributed by atoms with van der Waals surface area (Å²) in [5, 5.41) is 0. The van der Waals surface area contributed by atoms with Gasteiger partial charge >= 0.3 is 0 Å². The van der Waals surface area contributed by atoms with Crippen molar-refractivity contribution in [3.63, 3.8) is 0 Å². The van der Waals surface area contributed by atoms with Crippen LogP contribution in [0.4, 0.5) is 0 Å². The summed E-state index contributed by atoms with van der Waals surface area (Å²) < 4.78 is 0. The number of rotatable bonds is 2. The Kier molecular flexibility index (Phi) is 2.97. The Morgan fingerprint density at radius 1 is 1.18 bits per heavy atom. The van der Waals surface area contributed by atoms with Gasteiger partial charge in [-0.2, -0.15) is 0 Å². The fraction of sp³-hybridized carbons (Fsp3) is 0.200. The molecule has 1 aromatic rings. The Morgan fingerprint density at radius 3 is 2.36 bits per heavy atom. The van der Waals surface area contributed by atoms with Gasteiger partial charge in [0.25, 0.3) is 0 Å². The molecule has 0 N–H and O–H groups in total. The van der Waals surface area contributed by atoms with Gasteiger partial charge in [-0.25, -0.2) is 0 Å². The molecule has 0 saturated carbocycles. The van der Waals surface area contributed by atoms with Crippen molar-refractivity contribution in [1.82, 2.24) is 0 Å².